The van der Waals surface area contributed by atoms with E-state index < -0.39 is 4.92 Å². The molecule has 1 aromatic carbocycles. The van der Waals surface area contributed by atoms with E-state index in [0.29, 0.717) is 5.75 Å². The van der Waals surface area contributed by atoms with Gasteiger partial charge < -0.3 is 4.74 Å². The van der Waals surface area contributed by atoms with Gasteiger partial charge in [-0.05, 0) is 17.6 Å². The molecule has 0 aliphatic heterocycles. The Bertz CT molecular complexity index is 398. The number of nitro benzene ring substituents is 1. The lowest BCUT2D eigenvalue weighted by Gasteiger charge is -1.99. The fourth-order valence-electron chi connectivity index (χ4n) is 0.938. The minimum Gasteiger partial charge on any atom is -0.496 e. The van der Waals surface area contributed by atoms with Gasteiger partial charge in [-0.2, -0.15) is 0 Å². The summed E-state index contributed by atoms with van der Waals surface area (Å²) in [7, 11) is 1.41. The molecule has 7 nitrogen and oxygen atoms in total. The van der Waals surface area contributed by atoms with Crippen molar-refractivity contribution in [1.29, 1.82) is 5.39 Å². The summed E-state index contributed by atoms with van der Waals surface area (Å²) in [4.78, 5) is 9.95. The van der Waals surface area contributed by atoms with Crippen LogP contribution in [0.1, 0.15) is 0 Å². The van der Waals surface area contributed by atoms with Gasteiger partial charge in [-0.25, -0.2) is 0 Å². The molecule has 0 saturated carbocycles. The molecule has 0 aliphatic carbocycles. The molecule has 0 fully saturated rings. The highest BCUT2D eigenvalue weighted by molar-refractivity contribution is 5.64. The molecule has 0 atom stereocenters. The lowest BCUT2D eigenvalue weighted by Crippen LogP contribution is -1.95. The molecule has 1 N–H and O–H groups in total. The first kappa shape index (κ1) is 9.73. The molecule has 0 bridgehead atoms. The summed E-state index contributed by atoms with van der Waals surface area (Å²) in [5.41, 5.74) is 1.97. The van der Waals surface area contributed by atoms with Gasteiger partial charge in [-0.1, -0.05) is 0 Å². The first-order valence-electron chi connectivity index (χ1n) is 3.61. The van der Waals surface area contributed by atoms with Gasteiger partial charge in [0.05, 0.1) is 18.1 Å². The molecule has 0 unspecified atom stereocenters. The largest absolute Gasteiger partial charge is 0.496 e. The Balaban J connectivity index is 3.18. The molecule has 72 valence electrons. The number of hydrogen-bond acceptors (Lipinski definition) is 5. The zero-order valence-corrected chi connectivity index (χ0v) is 7.30. The molecule has 7 heteroatoms. The number of rotatable bonds is 3. The first-order valence-corrected chi connectivity index (χ1v) is 3.61. The van der Waals surface area contributed by atoms with Crippen molar-refractivity contribution < 1.29 is 9.66 Å². The molecule has 0 aromatic heterocycles. The van der Waals surface area contributed by atoms with E-state index in [9.17, 15) is 10.1 Å². The normalized spacial score (nSPS) is 8.86. The average Bonchev–Trinajstić information content (AvgIpc) is 2.18. The molecule has 1 aromatic rings. The second kappa shape index (κ2) is 4.04. The Morgan fingerprint density at radius 3 is 2.86 bits per heavy atom. The summed E-state index contributed by atoms with van der Waals surface area (Å²) in [6.45, 7) is 0. The number of anilines is 1. The van der Waals surface area contributed by atoms with Crippen LogP contribution in [0.2, 0.25) is 0 Å². The highest BCUT2D eigenvalue weighted by Gasteiger charge is 2.18. The lowest BCUT2D eigenvalue weighted by atomic mass is 10.2. The molecule has 14 heavy (non-hydrogen) atoms. The van der Waals surface area contributed by atoms with E-state index in [-0.39, 0.29) is 11.4 Å². The van der Waals surface area contributed by atoms with Crippen LogP contribution in [0.15, 0.2) is 18.2 Å². The van der Waals surface area contributed by atoms with E-state index in [1.807, 2.05) is 0 Å². The van der Waals surface area contributed by atoms with Crippen molar-refractivity contribution in [2.24, 2.45) is 0 Å². The fraction of sp³-hybridized carbons (Fsp3) is 0.143. The number of diazo groups is 1. The Hall–Kier alpha value is -2.36. The summed E-state index contributed by atoms with van der Waals surface area (Å²) in [6, 6.07) is 4.13. The van der Waals surface area contributed by atoms with Gasteiger partial charge >= 0.3 is 10.8 Å². The van der Waals surface area contributed by atoms with Crippen LogP contribution in [-0.4, -0.2) is 12.0 Å². The molecule has 0 aliphatic rings. The second-order valence-electron chi connectivity index (χ2n) is 2.35. The third kappa shape index (κ3) is 1.87. The van der Waals surface area contributed by atoms with Crippen LogP contribution in [0.3, 0.4) is 0 Å². The summed E-state index contributed by atoms with van der Waals surface area (Å²) in [6.07, 6.45) is 0. The summed E-state index contributed by atoms with van der Waals surface area (Å²) in [5, 5.41) is 21.4. The van der Waals surface area contributed by atoms with Crippen LogP contribution in [0.5, 0.6) is 5.75 Å². The Morgan fingerprint density at radius 2 is 2.36 bits per heavy atom. The highest BCUT2D eigenvalue weighted by Crippen LogP contribution is 2.28. The Kier molecular flexibility index (Phi) is 2.81. The maximum absolute atomic E-state index is 10.6. The summed E-state index contributed by atoms with van der Waals surface area (Å²) >= 11 is 0. The zero-order chi connectivity index (χ0) is 10.6. The van der Waals surface area contributed by atoms with Gasteiger partial charge in [-0.3, -0.25) is 10.1 Å². The molecule has 0 radical (unpaired) electrons. The topological polar surface area (TPSA) is 92.5 Å². The Labute approximate surface area is 79.0 Å². The number of hydrogen-bond donors (Lipinski definition) is 1. The van der Waals surface area contributed by atoms with Crippen molar-refractivity contribution in [2.45, 2.75) is 0 Å². The number of nitro groups is 1. The molecular formula is C7H7N4O3+. The van der Waals surface area contributed by atoms with E-state index >= 15 is 0 Å². The van der Waals surface area contributed by atoms with Crippen LogP contribution < -0.4 is 10.2 Å². The SMILES string of the molecule is COc1ccc(N[N+]#N)c([N+](=O)[O-])c1. The smallest absolute Gasteiger partial charge is 0.308 e. The Morgan fingerprint density at radius 1 is 1.64 bits per heavy atom. The van der Waals surface area contributed by atoms with Crippen LogP contribution in [0.25, 0.3) is 5.08 Å². The monoisotopic (exact) mass is 195 g/mol. The number of methoxy groups -OCH3 is 1. The van der Waals surface area contributed by atoms with Crippen LogP contribution in [0.4, 0.5) is 11.4 Å². The molecular weight excluding hydrogens is 188 g/mol. The predicted octanol–water partition coefficient (Wildman–Crippen LogP) is 1.78. The van der Waals surface area contributed by atoms with Crippen molar-refractivity contribution >= 4 is 11.4 Å². The quantitative estimate of drug-likeness (QED) is 0.450. The molecule has 0 heterocycles. The molecule has 0 saturated heterocycles. The van der Waals surface area contributed by atoms with E-state index in [0.717, 1.165) is 0 Å². The number of nitrogens with zero attached hydrogens (tertiary/aromatic N) is 3. The van der Waals surface area contributed by atoms with Crippen LogP contribution in [-0.2, 0) is 0 Å². The second-order valence-corrected chi connectivity index (χ2v) is 2.35. The number of nitrogens with one attached hydrogen (secondary N) is 1. The van der Waals surface area contributed by atoms with Crippen molar-refractivity contribution in [2.75, 3.05) is 12.5 Å². The maximum Gasteiger partial charge on any atom is 0.308 e. The van der Waals surface area contributed by atoms with Crippen molar-refractivity contribution in [1.82, 2.24) is 0 Å². The van der Waals surface area contributed by atoms with E-state index in [1.54, 1.807) is 0 Å². The van der Waals surface area contributed by atoms with Gasteiger partial charge in [0.1, 0.15) is 5.75 Å². The number of ether oxygens (including phenoxy) is 1. The van der Waals surface area contributed by atoms with E-state index in [1.165, 1.54) is 25.3 Å². The van der Waals surface area contributed by atoms with E-state index in [4.69, 9.17) is 10.1 Å². The summed E-state index contributed by atoms with van der Waals surface area (Å²) in [5.74, 6) is 0.361. The minimum atomic E-state index is -0.601. The van der Waals surface area contributed by atoms with Gasteiger partial charge in [0, 0.05) is 0 Å². The lowest BCUT2D eigenvalue weighted by molar-refractivity contribution is -0.384. The van der Waals surface area contributed by atoms with Gasteiger partial charge in [0.15, 0.2) is 5.69 Å². The van der Waals surface area contributed by atoms with Gasteiger partial charge in [0.25, 0.3) is 5.39 Å². The summed E-state index contributed by atoms with van der Waals surface area (Å²) < 4.78 is 4.81. The van der Waals surface area contributed by atoms with Crippen LogP contribution >= 0.6 is 0 Å². The van der Waals surface area contributed by atoms with Crippen molar-refractivity contribution in [3.63, 3.8) is 0 Å². The number of benzene rings is 1. The van der Waals surface area contributed by atoms with Gasteiger partial charge in [0.2, 0.25) is 0 Å². The standard InChI is InChI=1S/C7H7N4O3/c1-14-5-2-3-6(9-10-8)7(4-5)11(12)13/h2-4,9H,1H3/q+1. The van der Waals surface area contributed by atoms with E-state index in [2.05, 4.69) is 10.5 Å². The third-order valence-corrected chi connectivity index (χ3v) is 1.57. The highest BCUT2D eigenvalue weighted by atomic mass is 16.6. The zero-order valence-electron chi connectivity index (χ0n) is 7.30. The molecule has 0 spiro atoms. The predicted molar refractivity (Wildman–Crippen MR) is 48.4 cm³/mol. The van der Waals surface area contributed by atoms with Gasteiger partial charge in [-0.15, -0.1) is 0 Å². The molecule has 0 amide bonds. The van der Waals surface area contributed by atoms with Crippen molar-refractivity contribution in [3.05, 3.63) is 33.4 Å². The maximum atomic E-state index is 10.6. The third-order valence-electron chi connectivity index (χ3n) is 1.57. The van der Waals surface area contributed by atoms with Crippen LogP contribution in [0, 0.1) is 15.5 Å². The van der Waals surface area contributed by atoms with Crippen molar-refractivity contribution in [3.8, 4) is 5.75 Å². The average molecular weight is 195 g/mol. The molecule has 1 rings (SSSR count). The first-order chi connectivity index (χ1) is 6.69. The fourth-order valence-corrected chi connectivity index (χ4v) is 0.938. The minimum absolute atomic E-state index is 0.0956.